The van der Waals surface area contributed by atoms with Crippen LogP contribution >= 0.6 is 11.8 Å². The van der Waals surface area contributed by atoms with Gasteiger partial charge in [-0.05, 0) is 50.8 Å². The summed E-state index contributed by atoms with van der Waals surface area (Å²) in [5.41, 5.74) is 2.24. The van der Waals surface area contributed by atoms with E-state index in [2.05, 4.69) is 43.1 Å². The Labute approximate surface area is 160 Å². The van der Waals surface area contributed by atoms with E-state index < -0.39 is 0 Å². The molecule has 1 amide bonds. The van der Waals surface area contributed by atoms with E-state index in [1.165, 1.54) is 17.3 Å². The molecule has 1 heterocycles. The van der Waals surface area contributed by atoms with Crippen molar-refractivity contribution in [2.45, 2.75) is 71.2 Å². The largest absolute Gasteiger partial charge is 0.411 e. The minimum absolute atomic E-state index is 0.0780. The molecule has 0 spiro atoms. The summed E-state index contributed by atoms with van der Waals surface area (Å²) >= 11 is 1.28. The van der Waals surface area contributed by atoms with Crippen molar-refractivity contribution in [2.24, 2.45) is 0 Å². The lowest BCUT2D eigenvalue weighted by atomic mass is 9.87. The normalized spacial score (nSPS) is 12.0. The molecule has 0 aliphatic rings. The fourth-order valence-electron chi connectivity index (χ4n) is 2.87. The van der Waals surface area contributed by atoms with Gasteiger partial charge in [0, 0.05) is 17.6 Å². The number of aromatic nitrogens is 2. The first-order valence-electron chi connectivity index (χ1n) is 8.98. The molecule has 2 aromatic rings. The van der Waals surface area contributed by atoms with Gasteiger partial charge in [-0.25, -0.2) is 0 Å². The summed E-state index contributed by atoms with van der Waals surface area (Å²) in [4.78, 5) is 14.3. The molecule has 0 fully saturated rings. The van der Waals surface area contributed by atoms with Crippen LogP contribution in [0.15, 0.2) is 33.9 Å². The smallest absolute Gasteiger partial charge is 0.277 e. The summed E-state index contributed by atoms with van der Waals surface area (Å²) in [6.07, 6.45) is 0. The Balaban J connectivity index is 2.03. The average molecular weight is 376 g/mol. The third-order valence-electron chi connectivity index (χ3n) is 4.12. The Morgan fingerprint density at radius 3 is 2.15 bits per heavy atom. The molecule has 26 heavy (non-hydrogen) atoms. The predicted molar refractivity (Wildman–Crippen MR) is 106 cm³/mol. The molecule has 0 N–H and O–H groups in total. The molecule has 0 unspecified atom stereocenters. The average Bonchev–Trinajstić information content (AvgIpc) is 3.00. The van der Waals surface area contributed by atoms with Crippen molar-refractivity contribution in [3.05, 3.63) is 29.8 Å². The molecule has 1 aromatic heterocycles. The molecule has 6 heteroatoms. The molecule has 0 atom stereocenters. The molecule has 0 bridgehead atoms. The summed E-state index contributed by atoms with van der Waals surface area (Å²) in [6, 6.07) is 8.49. The summed E-state index contributed by atoms with van der Waals surface area (Å²) < 4.78 is 5.72. The number of hydrogen-bond donors (Lipinski definition) is 0. The van der Waals surface area contributed by atoms with Crippen molar-refractivity contribution >= 4 is 17.7 Å². The van der Waals surface area contributed by atoms with Gasteiger partial charge in [-0.15, -0.1) is 10.2 Å². The maximum atomic E-state index is 12.4. The fourth-order valence-corrected chi connectivity index (χ4v) is 3.50. The van der Waals surface area contributed by atoms with Gasteiger partial charge >= 0.3 is 0 Å². The van der Waals surface area contributed by atoms with Crippen LogP contribution in [-0.4, -0.2) is 38.8 Å². The number of nitrogens with zero attached hydrogens (tertiary/aromatic N) is 3. The standard InChI is InChI=1S/C20H29N3O2S/c1-13(2)23(14(3)4)17(24)12-26-19-22-21-18(25-19)15-8-10-16(11-9-15)20(5,6)7/h8-11,13-14H,12H2,1-7H3. The maximum Gasteiger partial charge on any atom is 0.277 e. The van der Waals surface area contributed by atoms with Crippen molar-refractivity contribution in [3.8, 4) is 11.5 Å². The minimum atomic E-state index is 0.0780. The van der Waals surface area contributed by atoms with Gasteiger partial charge in [0.2, 0.25) is 11.8 Å². The summed E-state index contributed by atoms with van der Waals surface area (Å²) in [5, 5.41) is 8.59. The number of carbonyl (C=O) groups excluding carboxylic acids is 1. The van der Waals surface area contributed by atoms with Crippen LogP contribution in [0.5, 0.6) is 0 Å². The molecule has 1 aromatic carbocycles. The second kappa shape index (κ2) is 8.25. The van der Waals surface area contributed by atoms with Gasteiger partial charge in [0.15, 0.2) is 0 Å². The third-order valence-corrected chi connectivity index (χ3v) is 4.93. The minimum Gasteiger partial charge on any atom is -0.411 e. The zero-order valence-electron chi connectivity index (χ0n) is 16.7. The first kappa shape index (κ1) is 20.5. The van der Waals surface area contributed by atoms with Crippen LogP contribution in [-0.2, 0) is 10.2 Å². The molecular formula is C20H29N3O2S. The molecular weight excluding hydrogens is 346 g/mol. The highest BCUT2D eigenvalue weighted by Gasteiger charge is 2.21. The van der Waals surface area contributed by atoms with E-state index in [-0.39, 0.29) is 23.4 Å². The van der Waals surface area contributed by atoms with Gasteiger partial charge in [0.1, 0.15) is 0 Å². The molecule has 0 saturated heterocycles. The lowest BCUT2D eigenvalue weighted by molar-refractivity contribution is -0.131. The first-order valence-corrected chi connectivity index (χ1v) is 9.96. The number of amides is 1. The van der Waals surface area contributed by atoms with Crippen LogP contribution in [0.4, 0.5) is 0 Å². The number of rotatable bonds is 6. The van der Waals surface area contributed by atoms with E-state index in [0.29, 0.717) is 16.9 Å². The van der Waals surface area contributed by atoms with E-state index in [0.717, 1.165) is 5.56 Å². The highest BCUT2D eigenvalue weighted by Crippen LogP contribution is 2.27. The quantitative estimate of drug-likeness (QED) is 0.681. The van der Waals surface area contributed by atoms with Crippen molar-refractivity contribution in [1.29, 1.82) is 0 Å². The van der Waals surface area contributed by atoms with E-state index in [1.807, 2.05) is 44.7 Å². The molecule has 0 radical (unpaired) electrons. The van der Waals surface area contributed by atoms with Crippen LogP contribution in [0.3, 0.4) is 0 Å². The zero-order chi connectivity index (χ0) is 19.5. The summed E-state index contributed by atoms with van der Waals surface area (Å²) in [7, 11) is 0. The monoisotopic (exact) mass is 375 g/mol. The molecule has 0 saturated carbocycles. The summed E-state index contributed by atoms with van der Waals surface area (Å²) in [6.45, 7) is 14.6. The highest BCUT2D eigenvalue weighted by molar-refractivity contribution is 7.99. The fraction of sp³-hybridized carbons (Fsp3) is 0.550. The van der Waals surface area contributed by atoms with E-state index in [9.17, 15) is 4.79 Å². The molecule has 0 aliphatic carbocycles. The van der Waals surface area contributed by atoms with Crippen molar-refractivity contribution in [1.82, 2.24) is 15.1 Å². The Hall–Kier alpha value is -1.82. The first-order chi connectivity index (χ1) is 12.1. The molecule has 5 nitrogen and oxygen atoms in total. The molecule has 0 aliphatic heterocycles. The Morgan fingerprint density at radius 1 is 1.08 bits per heavy atom. The Kier molecular flexibility index (Phi) is 6.50. The van der Waals surface area contributed by atoms with Crippen LogP contribution in [0.1, 0.15) is 54.0 Å². The van der Waals surface area contributed by atoms with Crippen molar-refractivity contribution in [2.75, 3.05) is 5.75 Å². The van der Waals surface area contributed by atoms with Gasteiger partial charge in [-0.3, -0.25) is 4.79 Å². The van der Waals surface area contributed by atoms with E-state index in [4.69, 9.17) is 4.42 Å². The lowest BCUT2D eigenvalue weighted by Gasteiger charge is -2.30. The van der Waals surface area contributed by atoms with Gasteiger partial charge in [0.05, 0.1) is 5.75 Å². The molecule has 142 valence electrons. The second-order valence-corrected chi connectivity index (χ2v) is 8.90. The predicted octanol–water partition coefficient (Wildman–Crippen LogP) is 4.77. The number of benzene rings is 1. The van der Waals surface area contributed by atoms with Gasteiger partial charge < -0.3 is 9.32 Å². The van der Waals surface area contributed by atoms with Crippen molar-refractivity contribution in [3.63, 3.8) is 0 Å². The van der Waals surface area contributed by atoms with Crippen LogP contribution in [0, 0.1) is 0 Å². The highest BCUT2D eigenvalue weighted by atomic mass is 32.2. The maximum absolute atomic E-state index is 12.4. The van der Waals surface area contributed by atoms with Crippen molar-refractivity contribution < 1.29 is 9.21 Å². The lowest BCUT2D eigenvalue weighted by Crippen LogP contribution is -2.43. The number of thioether (sulfide) groups is 1. The van der Waals surface area contributed by atoms with E-state index in [1.54, 1.807) is 0 Å². The van der Waals surface area contributed by atoms with Crippen LogP contribution in [0.25, 0.3) is 11.5 Å². The van der Waals surface area contributed by atoms with Crippen LogP contribution in [0.2, 0.25) is 0 Å². The topological polar surface area (TPSA) is 59.2 Å². The van der Waals surface area contributed by atoms with Gasteiger partial charge in [0.25, 0.3) is 5.22 Å². The number of hydrogen-bond acceptors (Lipinski definition) is 5. The Morgan fingerprint density at radius 2 is 1.65 bits per heavy atom. The van der Waals surface area contributed by atoms with Gasteiger partial charge in [-0.2, -0.15) is 0 Å². The summed E-state index contributed by atoms with van der Waals surface area (Å²) in [5.74, 6) is 0.847. The third kappa shape index (κ3) is 5.10. The molecule has 2 rings (SSSR count). The number of carbonyl (C=O) groups is 1. The van der Waals surface area contributed by atoms with Gasteiger partial charge in [-0.1, -0.05) is 44.7 Å². The van der Waals surface area contributed by atoms with E-state index >= 15 is 0 Å². The van der Waals surface area contributed by atoms with Crippen LogP contribution < -0.4 is 0 Å². The second-order valence-electron chi connectivity index (χ2n) is 7.98. The SMILES string of the molecule is CC(C)N(C(=O)CSc1nnc(-c2ccc(C(C)(C)C)cc2)o1)C(C)C. The Bertz CT molecular complexity index is 722. The zero-order valence-corrected chi connectivity index (χ0v) is 17.6.